The zero-order valence-corrected chi connectivity index (χ0v) is 8.57. The van der Waals surface area contributed by atoms with Crippen LogP contribution in [0.3, 0.4) is 0 Å². The van der Waals surface area contributed by atoms with Crippen LogP contribution in [0.15, 0.2) is 42.7 Å². The summed E-state index contributed by atoms with van der Waals surface area (Å²) in [6.45, 7) is 2.07. The van der Waals surface area contributed by atoms with E-state index in [-0.39, 0.29) is 0 Å². The van der Waals surface area contributed by atoms with Crippen LogP contribution in [0.4, 0.5) is 0 Å². The fourth-order valence-corrected chi connectivity index (χ4v) is 1.54. The van der Waals surface area contributed by atoms with Gasteiger partial charge >= 0.3 is 0 Å². The van der Waals surface area contributed by atoms with Crippen molar-refractivity contribution in [2.24, 2.45) is 0 Å². The lowest BCUT2D eigenvalue weighted by molar-refractivity contribution is 1.29. The molecule has 0 aliphatic heterocycles. The van der Waals surface area contributed by atoms with E-state index in [4.69, 9.17) is 6.42 Å². The fraction of sp³-hybridized carbons (Fsp3) is 0.0714. The van der Waals surface area contributed by atoms with Gasteiger partial charge in [-0.15, -0.1) is 6.42 Å². The monoisotopic (exact) mass is 193 g/mol. The zero-order chi connectivity index (χ0) is 10.7. The molecule has 0 N–H and O–H groups in total. The molecule has 15 heavy (non-hydrogen) atoms. The van der Waals surface area contributed by atoms with E-state index in [0.29, 0.717) is 0 Å². The third kappa shape index (κ3) is 1.89. The Morgan fingerprint density at radius 2 is 2.13 bits per heavy atom. The minimum Gasteiger partial charge on any atom is -0.264 e. The van der Waals surface area contributed by atoms with Crippen molar-refractivity contribution in [3.05, 3.63) is 53.9 Å². The number of aryl methyl sites for hydroxylation is 1. The maximum absolute atomic E-state index is 5.37. The number of nitrogens with zero attached hydrogens (tertiary/aromatic N) is 1. The van der Waals surface area contributed by atoms with Gasteiger partial charge in [-0.3, -0.25) is 4.98 Å². The summed E-state index contributed by atoms with van der Waals surface area (Å²) < 4.78 is 0. The second-order valence-electron chi connectivity index (χ2n) is 3.42. The molecule has 0 unspecified atom stereocenters. The van der Waals surface area contributed by atoms with E-state index < -0.39 is 0 Å². The van der Waals surface area contributed by atoms with Crippen molar-refractivity contribution in [3.8, 4) is 23.5 Å². The van der Waals surface area contributed by atoms with Crippen molar-refractivity contribution in [2.45, 2.75) is 6.92 Å². The van der Waals surface area contributed by atoms with Gasteiger partial charge in [0, 0.05) is 23.5 Å². The molecule has 72 valence electrons. The third-order valence-electron chi connectivity index (χ3n) is 2.38. The summed E-state index contributed by atoms with van der Waals surface area (Å²) in [6, 6.07) is 9.94. The fourth-order valence-electron chi connectivity index (χ4n) is 1.54. The molecule has 0 aliphatic rings. The molecular weight excluding hydrogens is 182 g/mol. The van der Waals surface area contributed by atoms with Crippen LogP contribution in [0, 0.1) is 19.3 Å². The van der Waals surface area contributed by atoms with Crippen LogP contribution in [0.25, 0.3) is 11.1 Å². The van der Waals surface area contributed by atoms with Gasteiger partial charge in [-0.1, -0.05) is 18.1 Å². The second-order valence-corrected chi connectivity index (χ2v) is 3.42. The molecule has 0 bridgehead atoms. The average molecular weight is 193 g/mol. The van der Waals surface area contributed by atoms with Crippen LogP contribution in [0.2, 0.25) is 0 Å². The lowest BCUT2D eigenvalue weighted by Crippen LogP contribution is -1.85. The van der Waals surface area contributed by atoms with Crippen molar-refractivity contribution in [1.82, 2.24) is 4.98 Å². The quantitative estimate of drug-likeness (QED) is 0.634. The molecule has 0 aliphatic carbocycles. The number of benzene rings is 1. The first-order valence-electron chi connectivity index (χ1n) is 4.79. The number of pyridine rings is 1. The summed E-state index contributed by atoms with van der Waals surface area (Å²) in [6.07, 6.45) is 9.03. The van der Waals surface area contributed by atoms with Gasteiger partial charge in [0.15, 0.2) is 0 Å². The summed E-state index contributed by atoms with van der Waals surface area (Å²) in [5.41, 5.74) is 4.36. The standard InChI is InChI=1S/C14H11N/c1-3-12-5-4-6-13(9-12)14-10-15-8-7-11(14)2/h1,4-10H,2H3. The Morgan fingerprint density at radius 3 is 2.87 bits per heavy atom. The van der Waals surface area contributed by atoms with E-state index in [1.807, 2.05) is 36.5 Å². The molecule has 1 aromatic heterocycles. The van der Waals surface area contributed by atoms with E-state index in [1.54, 1.807) is 6.20 Å². The van der Waals surface area contributed by atoms with E-state index >= 15 is 0 Å². The topological polar surface area (TPSA) is 12.9 Å². The molecule has 1 nitrogen and oxygen atoms in total. The smallest absolute Gasteiger partial charge is 0.0349 e. The lowest BCUT2D eigenvalue weighted by Gasteiger charge is -2.04. The Bertz CT molecular complexity index is 521. The maximum atomic E-state index is 5.37. The second kappa shape index (κ2) is 3.98. The molecule has 2 rings (SSSR count). The summed E-state index contributed by atoms with van der Waals surface area (Å²) in [4.78, 5) is 4.13. The van der Waals surface area contributed by atoms with E-state index in [9.17, 15) is 0 Å². The normalized spacial score (nSPS) is 9.60. The zero-order valence-electron chi connectivity index (χ0n) is 8.57. The molecule has 0 atom stereocenters. The number of rotatable bonds is 1. The lowest BCUT2D eigenvalue weighted by atomic mass is 10.0. The third-order valence-corrected chi connectivity index (χ3v) is 2.38. The number of aromatic nitrogens is 1. The Labute approximate surface area is 89.8 Å². The van der Waals surface area contributed by atoms with Gasteiger partial charge in [-0.25, -0.2) is 0 Å². The van der Waals surface area contributed by atoms with Crippen LogP contribution in [0.5, 0.6) is 0 Å². The van der Waals surface area contributed by atoms with Gasteiger partial charge in [-0.05, 0) is 36.2 Å². The molecule has 0 fully saturated rings. The Morgan fingerprint density at radius 1 is 1.27 bits per heavy atom. The van der Waals surface area contributed by atoms with Gasteiger partial charge in [0.2, 0.25) is 0 Å². The van der Waals surface area contributed by atoms with Crippen molar-refractivity contribution in [3.63, 3.8) is 0 Å². The summed E-state index contributed by atoms with van der Waals surface area (Å²) >= 11 is 0. The summed E-state index contributed by atoms with van der Waals surface area (Å²) in [5, 5.41) is 0. The first-order chi connectivity index (χ1) is 7.31. The van der Waals surface area contributed by atoms with Gasteiger partial charge < -0.3 is 0 Å². The Hall–Kier alpha value is -2.07. The van der Waals surface area contributed by atoms with Crippen molar-refractivity contribution in [1.29, 1.82) is 0 Å². The van der Waals surface area contributed by atoms with Crippen LogP contribution < -0.4 is 0 Å². The molecular formula is C14H11N. The number of hydrogen-bond acceptors (Lipinski definition) is 1. The van der Waals surface area contributed by atoms with Crippen LogP contribution >= 0.6 is 0 Å². The van der Waals surface area contributed by atoms with Gasteiger partial charge in [0.25, 0.3) is 0 Å². The molecule has 0 saturated carbocycles. The van der Waals surface area contributed by atoms with Gasteiger partial charge in [-0.2, -0.15) is 0 Å². The molecule has 0 spiro atoms. The van der Waals surface area contributed by atoms with Crippen LogP contribution in [-0.2, 0) is 0 Å². The highest BCUT2D eigenvalue weighted by Crippen LogP contribution is 2.22. The molecule has 1 heterocycles. The van der Waals surface area contributed by atoms with E-state index in [1.165, 1.54) is 5.56 Å². The Kier molecular flexibility index (Phi) is 2.51. The van der Waals surface area contributed by atoms with Crippen molar-refractivity contribution < 1.29 is 0 Å². The molecule has 0 saturated heterocycles. The van der Waals surface area contributed by atoms with Crippen LogP contribution in [-0.4, -0.2) is 4.98 Å². The maximum Gasteiger partial charge on any atom is 0.0349 e. The first-order valence-corrected chi connectivity index (χ1v) is 4.79. The van der Waals surface area contributed by atoms with Gasteiger partial charge in [0.1, 0.15) is 0 Å². The highest BCUT2D eigenvalue weighted by Gasteiger charge is 2.01. The SMILES string of the molecule is C#Cc1cccc(-c2cnccc2C)c1. The molecule has 1 heteroatoms. The highest BCUT2D eigenvalue weighted by molar-refractivity contribution is 5.67. The largest absolute Gasteiger partial charge is 0.264 e. The molecule has 0 amide bonds. The Balaban J connectivity index is 2.55. The molecule has 0 radical (unpaired) electrons. The predicted molar refractivity (Wildman–Crippen MR) is 62.3 cm³/mol. The highest BCUT2D eigenvalue weighted by atomic mass is 14.6. The number of terminal acetylenes is 1. The van der Waals surface area contributed by atoms with E-state index in [2.05, 4.69) is 17.8 Å². The molecule has 2 aromatic rings. The summed E-state index contributed by atoms with van der Waals surface area (Å²) in [7, 11) is 0. The average Bonchev–Trinajstić information content (AvgIpc) is 2.30. The minimum atomic E-state index is 0.899. The minimum absolute atomic E-state index is 0.899. The predicted octanol–water partition coefficient (Wildman–Crippen LogP) is 3.04. The number of hydrogen-bond donors (Lipinski definition) is 0. The summed E-state index contributed by atoms with van der Waals surface area (Å²) in [5.74, 6) is 2.64. The van der Waals surface area contributed by atoms with Crippen molar-refractivity contribution >= 4 is 0 Å². The van der Waals surface area contributed by atoms with E-state index in [0.717, 1.165) is 16.7 Å². The molecule has 1 aromatic carbocycles. The van der Waals surface area contributed by atoms with Crippen molar-refractivity contribution in [2.75, 3.05) is 0 Å². The first kappa shape index (κ1) is 9.48. The van der Waals surface area contributed by atoms with Crippen LogP contribution in [0.1, 0.15) is 11.1 Å². The van der Waals surface area contributed by atoms with Gasteiger partial charge in [0.05, 0.1) is 0 Å².